The van der Waals surface area contributed by atoms with Crippen molar-refractivity contribution in [1.29, 1.82) is 5.41 Å². The van der Waals surface area contributed by atoms with Gasteiger partial charge in [0.05, 0.1) is 38.2 Å². The van der Waals surface area contributed by atoms with Gasteiger partial charge >= 0.3 is 0 Å². The number of benzene rings is 4. The van der Waals surface area contributed by atoms with Crippen molar-refractivity contribution in [1.82, 2.24) is 87.3 Å². The number of nitrogens with one attached hydrogen (secondary N) is 12. The van der Waals surface area contributed by atoms with E-state index in [0.717, 1.165) is 37.6 Å². The number of hydrogen-bond acceptors (Lipinski definition) is 21. The van der Waals surface area contributed by atoms with Crippen LogP contribution in [0.15, 0.2) is 128 Å². The number of amides is 15. The Balaban J connectivity index is 1.19. The number of Topliss-reactive ketones (excluding diaryl/α,β-unsaturated/α-hetero) is 2. The highest BCUT2D eigenvalue weighted by atomic mass is 32.2. The lowest BCUT2D eigenvalue weighted by Gasteiger charge is -2.36. The summed E-state index contributed by atoms with van der Waals surface area (Å²) in [6.07, 6.45) is 3.73. The molecule has 0 aliphatic carbocycles. The highest BCUT2D eigenvalue weighted by Crippen LogP contribution is 2.29. The maximum absolute atomic E-state index is 15.8. The molecule has 39 nitrogen and oxygen atoms in total. The summed E-state index contributed by atoms with van der Waals surface area (Å²) in [5, 5.41) is 43.7. The predicted octanol–water partition coefficient (Wildman–Crippen LogP) is 1.23. The Kier molecular flexibility index (Phi) is 41.9. The van der Waals surface area contributed by atoms with Gasteiger partial charge < -0.3 is 105 Å². The Morgan fingerprint density at radius 3 is 1.82 bits per heavy atom. The molecule has 2 aliphatic heterocycles. The quantitative estimate of drug-likeness (QED) is 0.0196. The van der Waals surface area contributed by atoms with Crippen LogP contribution >= 0.6 is 11.8 Å². The van der Waals surface area contributed by atoms with Crippen LogP contribution in [0.2, 0.25) is 0 Å². The van der Waals surface area contributed by atoms with Crippen molar-refractivity contribution in [3.05, 3.63) is 150 Å². The Bertz CT molecular complexity index is 5100. The molecule has 2 aromatic heterocycles. The van der Waals surface area contributed by atoms with Gasteiger partial charge in [0.25, 0.3) is 0 Å². The average Bonchev–Trinajstić information content (AvgIpc) is 1.80. The summed E-state index contributed by atoms with van der Waals surface area (Å²) in [5.74, 6) is -18.7. The third kappa shape index (κ3) is 32.2. The highest BCUT2D eigenvalue weighted by Gasteiger charge is 2.44. The first kappa shape index (κ1) is 107. The molecular formula is C95H131N21O18S. The van der Waals surface area contributed by atoms with Crippen LogP contribution in [-0.2, 0) is 107 Å². The number of nitrogens with two attached hydrogens (primary N) is 3. The van der Waals surface area contributed by atoms with E-state index in [9.17, 15) is 62.6 Å². The van der Waals surface area contributed by atoms with Crippen molar-refractivity contribution < 1.29 is 86.6 Å². The number of aliphatic hydroxyl groups excluding tert-OH is 1. The molecule has 0 saturated carbocycles. The second kappa shape index (κ2) is 52.9. The van der Waals surface area contributed by atoms with E-state index in [4.69, 9.17) is 22.6 Å². The predicted molar refractivity (Wildman–Crippen MR) is 506 cm³/mol. The Morgan fingerprint density at radius 2 is 1.18 bits per heavy atom. The number of rotatable bonds is 27. The number of fused-ring (bicyclic) bond motifs is 2. The van der Waals surface area contributed by atoms with Crippen LogP contribution in [0.5, 0.6) is 0 Å². The lowest BCUT2D eigenvalue weighted by Crippen LogP contribution is -2.60. The van der Waals surface area contributed by atoms with Gasteiger partial charge in [-0.1, -0.05) is 157 Å². The number of aromatic nitrogens is 3. The number of imidazole rings is 1. The van der Waals surface area contributed by atoms with E-state index in [-0.39, 0.29) is 89.6 Å². The van der Waals surface area contributed by atoms with Crippen LogP contribution in [0, 0.1) is 23.2 Å². The molecule has 15 amide bonds. The van der Waals surface area contributed by atoms with Gasteiger partial charge in [0.1, 0.15) is 66.5 Å². The molecule has 730 valence electrons. The average molecular weight is 1890 g/mol. The fourth-order valence-electron chi connectivity index (χ4n) is 16.5. The van der Waals surface area contributed by atoms with Gasteiger partial charge in [0.2, 0.25) is 88.6 Å². The zero-order chi connectivity index (χ0) is 98.7. The van der Waals surface area contributed by atoms with Gasteiger partial charge in [0.15, 0.2) is 17.5 Å². The molecule has 135 heavy (non-hydrogen) atoms. The van der Waals surface area contributed by atoms with Crippen LogP contribution < -0.4 is 65.1 Å². The van der Waals surface area contributed by atoms with Crippen LogP contribution in [0.1, 0.15) is 147 Å². The van der Waals surface area contributed by atoms with E-state index >= 15 is 24.0 Å². The number of unbranched alkanes of at least 4 members (excludes halogenated alkanes) is 2. The van der Waals surface area contributed by atoms with Gasteiger partial charge in [-0.2, -0.15) is 0 Å². The molecule has 8 rings (SSSR count). The van der Waals surface area contributed by atoms with Crippen LogP contribution in [0.4, 0.5) is 0 Å². The monoisotopic (exact) mass is 1890 g/mol. The van der Waals surface area contributed by atoms with E-state index < -0.39 is 235 Å². The molecule has 0 spiro atoms. The van der Waals surface area contributed by atoms with Crippen molar-refractivity contribution >= 4 is 129 Å². The van der Waals surface area contributed by atoms with E-state index in [2.05, 4.69) is 62.8 Å². The van der Waals surface area contributed by atoms with Crippen molar-refractivity contribution in [3.63, 3.8) is 0 Å². The largest absolute Gasteiger partial charge is 0.394 e. The van der Waals surface area contributed by atoms with Crippen molar-refractivity contribution in [2.75, 3.05) is 72.5 Å². The summed E-state index contributed by atoms with van der Waals surface area (Å²) in [6, 6.07) is 16.1. The molecule has 6 aromatic rings. The number of thioether (sulfide) groups is 1. The lowest BCUT2D eigenvalue weighted by atomic mass is 9.89. The second-order valence-electron chi connectivity index (χ2n) is 35.0. The standard InChI is InChI=1S/C95H131N21O18S/c1-10-12-31-76-88(128)106-69(30-22-38-101-95(98)99)86(126)111-75(85(125)103-50-81(97)121)53-135-54-82(122)105-72(42-58-24-16-14-17-25-58)92(132)113(7)57(5)83(123)108-73(47-80(96)120)93(133)116-39-23-33-77(116)89(129)107-70(46-65-49-100-55-104-65)87(127)109-71(40-56(3)4)91(131)112(6)51-66(118)44-62(41-59-34-36-61(37-35-59)60-26-18-15-19-27-60)84(124)110-74(52-117)79(119)45-63(43-64-48-102-68-29-21-20-28-67(64)68)90(130)115(9)78(32-13-11-2)94(134)114(76)8/h14-21,24-29,34-37,48-49,55-57,62-63,69-78,102,117H,10-13,22-23,30-33,38-47,50-54H2,1-9H3,(H2,96,120)(H2,97,121)(H,100,104)(H,103,125)(H,105,122)(H,106,128)(H,107,129)(H,108,123)(H,109,127)(H,110,124)(H,111,126)(H4,98,99,101)/t57-,62+,63+,69-,70-,71-,72-,73-,74-,75-,76-,77-,78-/m0/s1. The minimum atomic E-state index is -1.74. The number of ketones is 2. The number of guanidine groups is 1. The molecule has 4 heterocycles. The SMILES string of the molecule is CCCC[C@H]1C(=O)N(C)[C@@H](CCCC)C(=O)N[C@@H](CCCNC(=N)N)C(=O)N[C@H](C(=O)NCC(N)=O)CSCC(=O)N[C@@H](Cc2ccccc2)C(=O)N(C)[C@@H](C)C(=O)N[C@@H](CC(N)=O)C(=O)N2CCC[C@H]2C(=O)N[C@@H](Cc2cnc[nH]2)C(=O)N[C@@H](CC(C)C)C(=O)N(C)CC(=O)C[C@@H](Cc2ccc(-c3ccccc3)cc2)C(=O)N[C@@H](CO)C(=O)C[C@@H](Cc2c[nH]c3ccccc23)C(=O)N1C. The van der Waals surface area contributed by atoms with Crippen molar-refractivity contribution in [2.45, 2.75) is 217 Å². The first-order valence-corrected chi connectivity index (χ1v) is 46.9. The number of para-hydroxylation sites is 1. The number of likely N-dealkylation sites (N-methyl/N-ethyl adjacent to an activating group) is 4. The van der Waals surface area contributed by atoms with Gasteiger partial charge in [-0.15, -0.1) is 11.8 Å². The normalized spacial score (nSPS) is 23.3. The molecular weight excluding hydrogens is 1760 g/mol. The maximum Gasteiger partial charge on any atom is 0.246 e. The van der Waals surface area contributed by atoms with Crippen LogP contribution in [0.25, 0.3) is 22.0 Å². The molecule has 0 bridgehead atoms. The number of nitrogens with zero attached hydrogens (tertiary/aromatic N) is 6. The zero-order valence-corrected chi connectivity index (χ0v) is 78.9. The van der Waals surface area contributed by atoms with Gasteiger partial charge in [-0.05, 0) is 105 Å². The molecule has 2 fully saturated rings. The topological polar surface area (TPSA) is 581 Å². The lowest BCUT2D eigenvalue weighted by molar-refractivity contribution is -0.150. The molecule has 0 unspecified atom stereocenters. The number of hydrogen-bond donors (Lipinski definition) is 16. The molecule has 40 heteroatoms. The van der Waals surface area contributed by atoms with Gasteiger partial charge in [-0.3, -0.25) is 86.9 Å². The number of carbonyl (C=O) groups excluding carboxylic acids is 17. The molecule has 4 aromatic carbocycles. The molecule has 0 radical (unpaired) electrons. The smallest absolute Gasteiger partial charge is 0.246 e. The second-order valence-corrected chi connectivity index (χ2v) is 36.0. The van der Waals surface area contributed by atoms with Gasteiger partial charge in [-0.25, -0.2) is 4.98 Å². The summed E-state index contributed by atoms with van der Waals surface area (Å²) in [5.41, 5.74) is 21.3. The highest BCUT2D eigenvalue weighted by molar-refractivity contribution is 8.00. The fraction of sp³-hybridized carbons (Fsp3) is 0.505. The summed E-state index contributed by atoms with van der Waals surface area (Å²) in [6.45, 7) is 6.23. The summed E-state index contributed by atoms with van der Waals surface area (Å²) in [4.78, 5) is 265. The Hall–Kier alpha value is -13.4. The first-order valence-electron chi connectivity index (χ1n) is 45.7. The third-order valence-corrected chi connectivity index (χ3v) is 25.1. The number of aromatic amines is 2. The van der Waals surface area contributed by atoms with E-state index in [1.54, 1.807) is 74.6 Å². The number of H-pyrrole nitrogens is 2. The van der Waals surface area contributed by atoms with Crippen molar-refractivity contribution in [3.8, 4) is 11.1 Å². The number of carbonyl (C=O) groups is 17. The number of aliphatic hydroxyl groups is 1. The fourth-order valence-corrected chi connectivity index (χ4v) is 17.4. The minimum absolute atomic E-state index is 0.000370. The molecule has 13 atom stereocenters. The van der Waals surface area contributed by atoms with E-state index in [0.29, 0.717) is 59.0 Å². The first-order chi connectivity index (χ1) is 64.4. The van der Waals surface area contributed by atoms with E-state index in [1.807, 2.05) is 68.4 Å². The molecule has 19 N–H and O–H groups in total. The molecule has 2 aliphatic rings. The number of primary amides is 2. The maximum atomic E-state index is 15.8. The van der Waals surface area contributed by atoms with Gasteiger partial charge in [0, 0.05) is 114 Å². The van der Waals surface area contributed by atoms with Crippen LogP contribution in [0.3, 0.4) is 0 Å². The molecule has 2 saturated heterocycles. The Labute approximate surface area is 789 Å². The zero-order valence-electron chi connectivity index (χ0n) is 78.1. The summed E-state index contributed by atoms with van der Waals surface area (Å²) >= 11 is 0.801. The third-order valence-electron chi connectivity index (χ3n) is 24.1. The summed E-state index contributed by atoms with van der Waals surface area (Å²) < 4.78 is 0. The van der Waals surface area contributed by atoms with Crippen molar-refractivity contribution in [2.24, 2.45) is 35.0 Å². The summed E-state index contributed by atoms with van der Waals surface area (Å²) in [7, 11) is 5.38. The van der Waals surface area contributed by atoms with Crippen LogP contribution in [-0.4, -0.2) is 290 Å². The van der Waals surface area contributed by atoms with E-state index in [1.165, 1.54) is 57.4 Å². The minimum Gasteiger partial charge on any atom is -0.394 e. The Morgan fingerprint density at radius 1 is 0.563 bits per heavy atom.